The maximum atomic E-state index is 11.7. The molecule has 0 fully saturated rings. The number of halogens is 1. The van der Waals surface area contributed by atoms with Crippen molar-refractivity contribution in [1.82, 2.24) is 4.57 Å². The fraction of sp³-hybridized carbons (Fsp3) is 0.212. The van der Waals surface area contributed by atoms with Crippen LogP contribution in [0.3, 0.4) is 0 Å². The minimum Gasteiger partial charge on any atom is -0.490 e. The Bertz CT molecular complexity index is 1570. The Balaban J connectivity index is 1.41. The molecule has 4 rings (SSSR count). The van der Waals surface area contributed by atoms with Crippen LogP contribution < -0.4 is 9.47 Å². The normalized spacial score (nSPS) is 11.5. The Kier molecular flexibility index (Phi) is 10.2. The van der Waals surface area contributed by atoms with E-state index in [9.17, 15) is 14.7 Å². The molecule has 0 radical (unpaired) electrons. The molecule has 0 saturated carbocycles. The van der Waals surface area contributed by atoms with Gasteiger partial charge in [-0.2, -0.15) is 0 Å². The van der Waals surface area contributed by atoms with Gasteiger partial charge in [0.2, 0.25) is 0 Å². The van der Waals surface area contributed by atoms with Gasteiger partial charge in [-0.05, 0) is 78.9 Å². The molecule has 212 valence electrons. The second-order valence-electron chi connectivity index (χ2n) is 9.49. The van der Waals surface area contributed by atoms with Crippen molar-refractivity contribution in [3.05, 3.63) is 106 Å². The number of rotatable bonds is 14. The number of benzene rings is 3. The first kappa shape index (κ1) is 29.5. The van der Waals surface area contributed by atoms with Crippen molar-refractivity contribution in [2.24, 2.45) is 0 Å². The summed E-state index contributed by atoms with van der Waals surface area (Å²) < 4.78 is 13.2. The van der Waals surface area contributed by atoms with E-state index in [-0.39, 0.29) is 13.0 Å². The van der Waals surface area contributed by atoms with Crippen molar-refractivity contribution < 1.29 is 29.3 Å². The average molecular weight is 574 g/mol. The van der Waals surface area contributed by atoms with E-state index in [1.54, 1.807) is 16.7 Å². The number of nitrogens with zero attached hydrogens (tertiary/aromatic N) is 1. The van der Waals surface area contributed by atoms with Crippen LogP contribution in [0.5, 0.6) is 11.5 Å². The standard InChI is InChI=1S/C33H32ClNO6/c1-23-29(10-6-12-31(36)37)30-11-4-7-25(33(30)35(23)22-32(38)39)16-13-24-14-17-27(18-15-24)40-19-2-3-20-41-28-9-5-8-26(34)21-28/h2-5,7-9,11,13-18,21H,6,10,12,19-20,22H2,1H3,(H,36,37)(H,38,39)/b3-2+,16-13+. The summed E-state index contributed by atoms with van der Waals surface area (Å²) in [4.78, 5) is 22.7. The fourth-order valence-corrected chi connectivity index (χ4v) is 4.85. The Morgan fingerprint density at radius 2 is 1.59 bits per heavy atom. The predicted octanol–water partition coefficient (Wildman–Crippen LogP) is 7.28. The molecule has 1 heterocycles. The number of hydrogen-bond acceptors (Lipinski definition) is 4. The van der Waals surface area contributed by atoms with Crippen LogP contribution in [0.25, 0.3) is 23.1 Å². The summed E-state index contributed by atoms with van der Waals surface area (Å²) in [5.41, 5.74) is 4.53. The number of aliphatic carboxylic acids is 2. The molecule has 0 spiro atoms. The molecule has 4 aromatic rings. The molecule has 0 bridgehead atoms. The largest absolute Gasteiger partial charge is 0.490 e. The van der Waals surface area contributed by atoms with Crippen LogP contribution in [0.2, 0.25) is 5.02 Å². The van der Waals surface area contributed by atoms with Crippen LogP contribution in [0.1, 0.15) is 35.2 Å². The van der Waals surface area contributed by atoms with E-state index in [1.165, 1.54) is 0 Å². The highest BCUT2D eigenvalue weighted by Crippen LogP contribution is 2.31. The van der Waals surface area contributed by atoms with Crippen molar-refractivity contribution in [2.45, 2.75) is 32.7 Å². The minimum absolute atomic E-state index is 0.0685. The Morgan fingerprint density at radius 1 is 0.878 bits per heavy atom. The molecule has 7 nitrogen and oxygen atoms in total. The Labute approximate surface area is 243 Å². The van der Waals surface area contributed by atoms with E-state index in [1.807, 2.05) is 85.8 Å². The maximum Gasteiger partial charge on any atom is 0.323 e. The summed E-state index contributed by atoms with van der Waals surface area (Å²) in [6, 6.07) is 20.8. The summed E-state index contributed by atoms with van der Waals surface area (Å²) in [6.45, 7) is 2.55. The van der Waals surface area contributed by atoms with Crippen LogP contribution in [0.15, 0.2) is 78.9 Å². The summed E-state index contributed by atoms with van der Waals surface area (Å²) in [7, 11) is 0. The molecule has 3 aromatic carbocycles. The topological polar surface area (TPSA) is 98.0 Å². The van der Waals surface area contributed by atoms with Crippen molar-refractivity contribution >= 4 is 46.6 Å². The summed E-state index contributed by atoms with van der Waals surface area (Å²) in [6.07, 6.45) is 8.85. The van der Waals surface area contributed by atoms with Gasteiger partial charge in [-0.15, -0.1) is 0 Å². The van der Waals surface area contributed by atoms with E-state index in [0.29, 0.717) is 36.8 Å². The van der Waals surface area contributed by atoms with E-state index in [0.717, 1.165) is 39.0 Å². The van der Waals surface area contributed by atoms with Gasteiger partial charge < -0.3 is 24.3 Å². The Hall–Kier alpha value is -4.49. The van der Waals surface area contributed by atoms with Gasteiger partial charge in [-0.25, -0.2) is 0 Å². The van der Waals surface area contributed by atoms with Crippen LogP contribution in [-0.2, 0) is 22.6 Å². The first-order valence-electron chi connectivity index (χ1n) is 13.3. The number of para-hydroxylation sites is 1. The first-order chi connectivity index (χ1) is 19.8. The predicted molar refractivity (Wildman–Crippen MR) is 162 cm³/mol. The molecular formula is C33H32ClNO6. The molecule has 1 aromatic heterocycles. The zero-order chi connectivity index (χ0) is 29.2. The van der Waals surface area contributed by atoms with Crippen LogP contribution >= 0.6 is 11.6 Å². The van der Waals surface area contributed by atoms with Crippen molar-refractivity contribution in [3.8, 4) is 11.5 Å². The van der Waals surface area contributed by atoms with Crippen LogP contribution in [-0.4, -0.2) is 39.9 Å². The monoisotopic (exact) mass is 573 g/mol. The lowest BCUT2D eigenvalue weighted by molar-refractivity contribution is -0.138. The highest BCUT2D eigenvalue weighted by Gasteiger charge is 2.18. The molecule has 0 aliphatic heterocycles. The number of ether oxygens (including phenoxy) is 2. The maximum absolute atomic E-state index is 11.7. The van der Waals surface area contributed by atoms with E-state index in [4.69, 9.17) is 26.2 Å². The third-order valence-electron chi connectivity index (χ3n) is 6.61. The summed E-state index contributed by atoms with van der Waals surface area (Å²) in [5.74, 6) is -0.320. The zero-order valence-corrected chi connectivity index (χ0v) is 23.5. The molecule has 0 unspecified atom stereocenters. The molecular weight excluding hydrogens is 542 g/mol. The van der Waals surface area contributed by atoms with E-state index >= 15 is 0 Å². The van der Waals surface area contributed by atoms with Crippen LogP contribution in [0, 0.1) is 6.92 Å². The smallest absolute Gasteiger partial charge is 0.323 e. The number of hydrogen-bond donors (Lipinski definition) is 2. The number of fused-ring (bicyclic) bond motifs is 1. The van der Waals surface area contributed by atoms with Crippen molar-refractivity contribution in [2.75, 3.05) is 13.2 Å². The summed E-state index contributed by atoms with van der Waals surface area (Å²) >= 11 is 5.95. The lowest BCUT2D eigenvalue weighted by Gasteiger charge is -2.08. The van der Waals surface area contributed by atoms with Gasteiger partial charge in [-0.1, -0.05) is 60.2 Å². The lowest BCUT2D eigenvalue weighted by Crippen LogP contribution is -2.10. The fourth-order valence-electron chi connectivity index (χ4n) is 4.67. The first-order valence-corrected chi connectivity index (χ1v) is 13.7. The number of aryl methyl sites for hydroxylation is 1. The van der Waals surface area contributed by atoms with Gasteiger partial charge in [0.15, 0.2) is 0 Å². The van der Waals surface area contributed by atoms with Crippen molar-refractivity contribution in [1.29, 1.82) is 0 Å². The zero-order valence-electron chi connectivity index (χ0n) is 22.8. The molecule has 8 heteroatoms. The molecule has 0 aliphatic rings. The van der Waals surface area contributed by atoms with Gasteiger partial charge in [-0.3, -0.25) is 9.59 Å². The molecule has 0 saturated heterocycles. The van der Waals surface area contributed by atoms with Crippen LogP contribution in [0.4, 0.5) is 0 Å². The highest BCUT2D eigenvalue weighted by molar-refractivity contribution is 6.30. The highest BCUT2D eigenvalue weighted by atomic mass is 35.5. The molecule has 0 amide bonds. The summed E-state index contributed by atoms with van der Waals surface area (Å²) in [5, 5.41) is 20.2. The molecule has 41 heavy (non-hydrogen) atoms. The van der Waals surface area contributed by atoms with E-state index < -0.39 is 11.9 Å². The van der Waals surface area contributed by atoms with Gasteiger partial charge in [0, 0.05) is 22.5 Å². The van der Waals surface area contributed by atoms with Gasteiger partial charge in [0.25, 0.3) is 0 Å². The molecule has 2 N–H and O–H groups in total. The van der Waals surface area contributed by atoms with Crippen molar-refractivity contribution in [3.63, 3.8) is 0 Å². The van der Waals surface area contributed by atoms with Gasteiger partial charge >= 0.3 is 11.9 Å². The average Bonchev–Trinajstić information content (AvgIpc) is 3.20. The van der Waals surface area contributed by atoms with Gasteiger partial charge in [0.1, 0.15) is 31.3 Å². The number of carboxylic acid groups (broad SMARTS) is 2. The lowest BCUT2D eigenvalue weighted by atomic mass is 10.0. The number of carboxylic acids is 2. The molecule has 0 aliphatic carbocycles. The third kappa shape index (κ3) is 8.25. The number of aromatic nitrogens is 1. The quantitative estimate of drug-likeness (QED) is 0.121. The van der Waals surface area contributed by atoms with E-state index in [2.05, 4.69) is 0 Å². The third-order valence-corrected chi connectivity index (χ3v) is 6.84. The molecule has 0 atom stereocenters. The number of carbonyl (C=O) groups is 2. The SMILES string of the molecule is Cc1c(CCCC(=O)O)c2cccc(/C=C/c3ccc(OC/C=C/COc4cccc(Cl)c4)cc3)c2n1CC(=O)O. The Morgan fingerprint density at radius 3 is 2.27 bits per heavy atom. The van der Waals surface area contributed by atoms with Gasteiger partial charge in [0.05, 0.1) is 5.52 Å². The second kappa shape index (κ2) is 14.2. The minimum atomic E-state index is -0.931. The second-order valence-corrected chi connectivity index (χ2v) is 9.92.